The molecule has 1 amide bonds. The Morgan fingerprint density at radius 3 is 2.22 bits per heavy atom. The highest BCUT2D eigenvalue weighted by Gasteiger charge is 2.36. The Morgan fingerprint density at radius 2 is 1.78 bits per heavy atom. The molecule has 23 heavy (non-hydrogen) atoms. The lowest BCUT2D eigenvalue weighted by atomic mass is 9.92. The molecule has 2 atom stereocenters. The van der Waals surface area contributed by atoms with Crippen molar-refractivity contribution >= 4 is 11.9 Å². The maximum Gasteiger partial charge on any atom is 0.391 e. The molecule has 0 aliphatic rings. The van der Waals surface area contributed by atoms with Gasteiger partial charge in [0.2, 0.25) is 5.91 Å². The first kappa shape index (κ1) is 19.0. The number of carboxylic acid groups (broad SMARTS) is 1. The summed E-state index contributed by atoms with van der Waals surface area (Å²) in [7, 11) is 0. The molecule has 0 heterocycles. The van der Waals surface area contributed by atoms with Gasteiger partial charge in [-0.05, 0) is 24.8 Å². The summed E-state index contributed by atoms with van der Waals surface area (Å²) >= 11 is 0. The topological polar surface area (TPSA) is 66.4 Å². The monoisotopic (exact) mass is 331 g/mol. The molecule has 1 rings (SSSR count). The second kappa shape index (κ2) is 7.99. The summed E-state index contributed by atoms with van der Waals surface area (Å²) in [6.07, 6.45) is -5.68. The number of carboxylic acids is 1. The standard InChI is InChI=1S/C16H20F3NO3/c1-3-11(12-6-4-10(2)5-7-12)8-14(21)20-13(15(22)23)9-16(17,18)19/h4-7,11,13H,3,8-9H2,1-2H3,(H,20,21)(H,22,23). The number of hydrogen-bond donors (Lipinski definition) is 2. The number of amides is 1. The zero-order chi connectivity index (χ0) is 17.6. The van der Waals surface area contributed by atoms with E-state index in [9.17, 15) is 22.8 Å². The molecule has 0 saturated carbocycles. The zero-order valence-electron chi connectivity index (χ0n) is 13.0. The molecule has 2 unspecified atom stereocenters. The van der Waals surface area contributed by atoms with Crippen molar-refractivity contribution in [3.8, 4) is 0 Å². The maximum atomic E-state index is 12.3. The van der Waals surface area contributed by atoms with E-state index in [0.29, 0.717) is 6.42 Å². The highest BCUT2D eigenvalue weighted by atomic mass is 19.4. The van der Waals surface area contributed by atoms with Gasteiger partial charge in [0.1, 0.15) is 6.04 Å². The van der Waals surface area contributed by atoms with Gasteiger partial charge in [0.15, 0.2) is 0 Å². The van der Waals surface area contributed by atoms with Crippen LogP contribution in [0.5, 0.6) is 0 Å². The minimum atomic E-state index is -4.66. The first-order valence-electron chi connectivity index (χ1n) is 7.28. The minimum Gasteiger partial charge on any atom is -0.480 e. The summed E-state index contributed by atoms with van der Waals surface area (Å²) in [5.41, 5.74) is 1.96. The van der Waals surface area contributed by atoms with Crippen LogP contribution >= 0.6 is 0 Å². The van der Waals surface area contributed by atoms with Crippen LogP contribution in [0.4, 0.5) is 13.2 Å². The van der Waals surface area contributed by atoms with Crippen molar-refractivity contribution in [2.75, 3.05) is 0 Å². The molecule has 4 nitrogen and oxygen atoms in total. The van der Waals surface area contributed by atoms with Crippen molar-refractivity contribution in [3.05, 3.63) is 35.4 Å². The van der Waals surface area contributed by atoms with Gasteiger partial charge < -0.3 is 10.4 Å². The molecule has 0 aliphatic heterocycles. The third kappa shape index (κ3) is 6.71. The second-order valence-corrected chi connectivity index (χ2v) is 5.50. The average molecular weight is 331 g/mol. The summed E-state index contributed by atoms with van der Waals surface area (Å²) in [6.45, 7) is 3.79. The van der Waals surface area contributed by atoms with Gasteiger partial charge in [-0.2, -0.15) is 13.2 Å². The van der Waals surface area contributed by atoms with Crippen LogP contribution in [0.15, 0.2) is 24.3 Å². The number of rotatable bonds is 7. The molecule has 1 aromatic rings. The number of hydrogen-bond acceptors (Lipinski definition) is 2. The van der Waals surface area contributed by atoms with E-state index in [0.717, 1.165) is 11.1 Å². The Bertz CT molecular complexity index is 540. The van der Waals surface area contributed by atoms with Crippen molar-refractivity contribution in [1.29, 1.82) is 0 Å². The number of alkyl halides is 3. The summed E-state index contributed by atoms with van der Waals surface area (Å²) in [5.74, 6) is -2.57. The van der Waals surface area contributed by atoms with Gasteiger partial charge in [0.25, 0.3) is 0 Å². The number of aliphatic carboxylic acids is 1. The predicted octanol–water partition coefficient (Wildman–Crippen LogP) is 3.40. The van der Waals surface area contributed by atoms with Crippen molar-refractivity contribution < 1.29 is 27.9 Å². The van der Waals surface area contributed by atoms with E-state index in [-0.39, 0.29) is 12.3 Å². The minimum absolute atomic E-state index is 0.0544. The lowest BCUT2D eigenvalue weighted by Gasteiger charge is -2.19. The molecule has 128 valence electrons. The van der Waals surface area contributed by atoms with Crippen LogP contribution in [-0.2, 0) is 9.59 Å². The summed E-state index contributed by atoms with van der Waals surface area (Å²) in [4.78, 5) is 22.8. The van der Waals surface area contributed by atoms with Crippen molar-refractivity contribution in [1.82, 2.24) is 5.32 Å². The molecule has 0 bridgehead atoms. The number of halogens is 3. The zero-order valence-corrected chi connectivity index (χ0v) is 13.0. The van der Waals surface area contributed by atoms with E-state index in [4.69, 9.17) is 5.11 Å². The smallest absolute Gasteiger partial charge is 0.391 e. The highest BCUT2D eigenvalue weighted by molar-refractivity contribution is 5.84. The Labute approximate surface area is 132 Å². The van der Waals surface area contributed by atoms with E-state index in [1.54, 1.807) is 0 Å². The molecule has 0 radical (unpaired) electrons. The number of carbonyl (C=O) groups excluding carboxylic acids is 1. The number of benzene rings is 1. The SMILES string of the molecule is CCC(CC(=O)NC(CC(F)(F)F)C(=O)O)c1ccc(C)cc1. The quantitative estimate of drug-likeness (QED) is 0.805. The molecule has 0 aromatic heterocycles. The molecule has 7 heteroatoms. The van der Waals surface area contributed by atoms with Crippen LogP contribution < -0.4 is 5.32 Å². The van der Waals surface area contributed by atoms with Gasteiger partial charge in [-0.15, -0.1) is 0 Å². The Hall–Kier alpha value is -2.05. The van der Waals surface area contributed by atoms with Crippen LogP contribution in [0.3, 0.4) is 0 Å². The summed E-state index contributed by atoms with van der Waals surface area (Å²) in [5, 5.41) is 10.8. The number of aryl methyl sites for hydroxylation is 1. The van der Waals surface area contributed by atoms with Gasteiger partial charge in [0.05, 0.1) is 6.42 Å². The van der Waals surface area contributed by atoms with Gasteiger partial charge in [-0.25, -0.2) is 4.79 Å². The molecule has 1 aromatic carbocycles. The van der Waals surface area contributed by atoms with Crippen LogP contribution in [0.25, 0.3) is 0 Å². The molecule has 0 saturated heterocycles. The lowest BCUT2D eigenvalue weighted by Crippen LogP contribution is -2.43. The van der Waals surface area contributed by atoms with Gasteiger partial charge in [-0.3, -0.25) is 4.79 Å². The van der Waals surface area contributed by atoms with E-state index in [2.05, 4.69) is 0 Å². The lowest BCUT2D eigenvalue weighted by molar-refractivity contribution is -0.160. The van der Waals surface area contributed by atoms with E-state index >= 15 is 0 Å². The molecular formula is C16H20F3NO3. The highest BCUT2D eigenvalue weighted by Crippen LogP contribution is 2.25. The molecule has 0 fully saturated rings. The van der Waals surface area contributed by atoms with E-state index in [1.807, 2.05) is 43.4 Å². The number of carbonyl (C=O) groups is 2. The summed E-state index contributed by atoms with van der Waals surface area (Å²) < 4.78 is 37.0. The van der Waals surface area contributed by atoms with Gasteiger partial charge in [0, 0.05) is 6.42 Å². The fourth-order valence-corrected chi connectivity index (χ4v) is 2.25. The molecule has 2 N–H and O–H groups in total. The van der Waals surface area contributed by atoms with Crippen molar-refractivity contribution in [3.63, 3.8) is 0 Å². The molecule has 0 aliphatic carbocycles. The third-order valence-corrected chi connectivity index (χ3v) is 3.54. The van der Waals surface area contributed by atoms with Crippen LogP contribution in [-0.4, -0.2) is 29.2 Å². The largest absolute Gasteiger partial charge is 0.480 e. The Kier molecular flexibility index (Phi) is 6.60. The van der Waals surface area contributed by atoms with Gasteiger partial charge >= 0.3 is 12.1 Å². The Balaban J connectivity index is 2.71. The van der Waals surface area contributed by atoms with E-state index < -0.39 is 30.5 Å². The molecular weight excluding hydrogens is 311 g/mol. The third-order valence-electron chi connectivity index (χ3n) is 3.54. The second-order valence-electron chi connectivity index (χ2n) is 5.50. The van der Waals surface area contributed by atoms with Crippen LogP contribution in [0.1, 0.15) is 43.2 Å². The maximum absolute atomic E-state index is 12.3. The fraction of sp³-hybridized carbons (Fsp3) is 0.500. The summed E-state index contributed by atoms with van der Waals surface area (Å²) in [6, 6.07) is 5.54. The average Bonchev–Trinajstić information content (AvgIpc) is 2.43. The fourth-order valence-electron chi connectivity index (χ4n) is 2.25. The van der Waals surface area contributed by atoms with Crippen LogP contribution in [0, 0.1) is 6.92 Å². The first-order valence-corrected chi connectivity index (χ1v) is 7.28. The molecule has 0 spiro atoms. The van der Waals surface area contributed by atoms with E-state index in [1.165, 1.54) is 0 Å². The first-order chi connectivity index (χ1) is 10.6. The van der Waals surface area contributed by atoms with Gasteiger partial charge in [-0.1, -0.05) is 36.8 Å². The van der Waals surface area contributed by atoms with Crippen LogP contribution in [0.2, 0.25) is 0 Å². The Morgan fingerprint density at radius 1 is 1.22 bits per heavy atom. The predicted molar refractivity (Wildman–Crippen MR) is 79.1 cm³/mol. The normalized spacial score (nSPS) is 14.1. The van der Waals surface area contributed by atoms with Crippen molar-refractivity contribution in [2.24, 2.45) is 0 Å². The number of nitrogens with one attached hydrogen (secondary N) is 1. The van der Waals surface area contributed by atoms with Crippen molar-refractivity contribution in [2.45, 2.75) is 51.2 Å².